The maximum Gasteiger partial charge on any atom is 0.339 e. The highest BCUT2D eigenvalue weighted by Gasteiger charge is 2.57. The molecular formula is C87H81FN18O21. The number of hydrogen-bond donors (Lipinski definition) is 9. The third kappa shape index (κ3) is 18.6. The third-order valence-electron chi connectivity index (χ3n) is 21.5. The van der Waals surface area contributed by atoms with Crippen molar-refractivity contribution in [2.75, 3.05) is 42.3 Å². The molecule has 12 heterocycles. The molecule has 6 amide bonds. The number of ether oxygens (including phenoxy) is 12. The number of nitrogens with one attached hydrogen (secondary N) is 6. The summed E-state index contributed by atoms with van der Waals surface area (Å²) >= 11 is 0. The number of amides is 6. The highest BCUT2D eigenvalue weighted by Crippen LogP contribution is 2.47. The van der Waals surface area contributed by atoms with Gasteiger partial charge in [0.15, 0.2) is 100 Å². The first-order valence-corrected chi connectivity index (χ1v) is 40.7. The summed E-state index contributed by atoms with van der Waals surface area (Å²) in [6, 6.07) is 44.7. The first kappa shape index (κ1) is 83.5. The predicted molar refractivity (Wildman–Crippen MR) is 444 cm³/mol. The third-order valence-corrected chi connectivity index (χ3v) is 21.5. The molecule has 652 valence electrons. The molecule has 0 spiro atoms. The minimum absolute atomic E-state index is 0.0101. The van der Waals surface area contributed by atoms with Crippen LogP contribution in [0.15, 0.2) is 208 Å². The summed E-state index contributed by atoms with van der Waals surface area (Å²) in [7, 11) is 0. The summed E-state index contributed by atoms with van der Waals surface area (Å²) in [5.41, 5.74) is 4.92. The van der Waals surface area contributed by atoms with Crippen LogP contribution in [0, 0.1) is 5.82 Å². The Kier molecular flexibility index (Phi) is 24.5. The summed E-state index contributed by atoms with van der Waals surface area (Å²) in [6.07, 6.45) is 9.94. The van der Waals surface area contributed by atoms with Gasteiger partial charge in [-0.25, -0.2) is 78.0 Å². The topological polar surface area (TPSA) is 477 Å². The molecule has 40 heteroatoms. The molecule has 2 saturated carbocycles. The van der Waals surface area contributed by atoms with E-state index in [4.69, 9.17) is 56.8 Å². The molecule has 12 unspecified atom stereocenters. The number of hydrogen-bond acceptors (Lipinski definition) is 27. The molecule has 8 aliphatic rings. The maximum atomic E-state index is 14.6. The minimum atomic E-state index is -1.33. The number of carbonyl (C=O) groups is 6. The van der Waals surface area contributed by atoms with Gasteiger partial charge in [0.05, 0.1) is 19.0 Å². The fourth-order valence-corrected chi connectivity index (χ4v) is 15.3. The molecule has 12 aromatic rings. The van der Waals surface area contributed by atoms with E-state index in [2.05, 4.69) is 76.8 Å². The van der Waals surface area contributed by atoms with Crippen LogP contribution >= 0.6 is 0 Å². The fourth-order valence-electron chi connectivity index (χ4n) is 15.3. The van der Waals surface area contributed by atoms with Crippen LogP contribution in [0.25, 0.3) is 45.6 Å². The SMILES string of the molecule is CCNC(=O)Nc1ncnc2c1ncn2C1OC(COc2c(F)cccc2C(=O)O)C2O[C@H](/C=C/c3ccccc3)OC21.O=C(Nc1ncnc2c1ncn2C1OC(COc2ccccc2C(=O)O)C2O[C@H](/C=C/c3ccccc3)OC21)NC1CC1.O=C(Nc1ncnc2c1ncn2C1OC(COc2ccccc2C(=O)O)C2O[C@H](c3ccccc3)OC21)NC1CC1. The molecule has 9 N–H and O–H groups in total. The number of aromatic carboxylic acids is 3. The van der Waals surface area contributed by atoms with E-state index < -0.39 is 128 Å². The number of aromatic nitrogens is 12. The van der Waals surface area contributed by atoms with Gasteiger partial charge in [0.1, 0.15) is 122 Å². The summed E-state index contributed by atoms with van der Waals surface area (Å²) < 4.78 is 94.1. The number of imidazole rings is 3. The lowest BCUT2D eigenvalue weighted by molar-refractivity contribution is -0.152. The van der Waals surface area contributed by atoms with Gasteiger partial charge in [-0.3, -0.25) is 29.7 Å². The first-order valence-electron chi connectivity index (χ1n) is 40.7. The number of para-hydroxylation sites is 3. The Hall–Kier alpha value is -14.4. The zero-order valence-electron chi connectivity index (χ0n) is 67.2. The summed E-state index contributed by atoms with van der Waals surface area (Å²) in [6.45, 7) is 2.01. The molecule has 2 aliphatic carbocycles. The molecule has 20 rings (SSSR count). The normalized spacial score (nSPS) is 24.3. The number of nitrogens with zero attached hydrogens (tertiary/aromatic N) is 12. The van der Waals surface area contributed by atoms with E-state index in [0.717, 1.165) is 48.4 Å². The van der Waals surface area contributed by atoms with Crippen LogP contribution in [0.3, 0.4) is 0 Å². The average Bonchev–Trinajstić information content (AvgIpc) is 1.60. The van der Waals surface area contributed by atoms with Crippen LogP contribution in [0.1, 0.15) is 105 Å². The molecule has 0 radical (unpaired) electrons. The predicted octanol–water partition coefficient (Wildman–Crippen LogP) is 10.5. The van der Waals surface area contributed by atoms with Crippen LogP contribution in [0.4, 0.5) is 36.2 Å². The van der Waals surface area contributed by atoms with Crippen molar-refractivity contribution < 1.29 is 105 Å². The molecule has 6 aromatic carbocycles. The lowest BCUT2D eigenvalue weighted by Crippen LogP contribution is -2.33. The highest BCUT2D eigenvalue weighted by molar-refractivity contribution is 5.98. The monoisotopic (exact) mass is 1730 g/mol. The smallest absolute Gasteiger partial charge is 0.339 e. The molecule has 6 saturated heterocycles. The number of rotatable bonds is 26. The Balaban J connectivity index is 0.000000129. The Morgan fingerprint density at radius 1 is 0.417 bits per heavy atom. The van der Waals surface area contributed by atoms with E-state index in [1.54, 1.807) is 75.8 Å². The maximum absolute atomic E-state index is 14.6. The van der Waals surface area contributed by atoms with Crippen molar-refractivity contribution in [3.05, 3.63) is 247 Å². The van der Waals surface area contributed by atoms with Crippen molar-refractivity contribution in [2.24, 2.45) is 0 Å². The van der Waals surface area contributed by atoms with Crippen LogP contribution in [-0.4, -0.2) is 216 Å². The van der Waals surface area contributed by atoms with Gasteiger partial charge >= 0.3 is 36.0 Å². The van der Waals surface area contributed by atoms with E-state index in [-0.39, 0.29) is 89.6 Å². The van der Waals surface area contributed by atoms with Gasteiger partial charge < -0.3 is 88.1 Å². The molecule has 0 bridgehead atoms. The fraction of sp³-hybridized carbons (Fsp3) is 0.299. The Labute approximate surface area is 719 Å². The van der Waals surface area contributed by atoms with Crippen molar-refractivity contribution in [3.8, 4) is 17.2 Å². The molecular weight excluding hydrogens is 1650 g/mol. The van der Waals surface area contributed by atoms with Crippen LogP contribution in [0.5, 0.6) is 17.2 Å². The summed E-state index contributed by atoms with van der Waals surface area (Å²) in [5, 5.41) is 45.2. The number of urea groups is 3. The Bertz CT molecular complexity index is 6090. The Morgan fingerprint density at radius 2 is 0.787 bits per heavy atom. The van der Waals surface area contributed by atoms with Gasteiger partial charge in [-0.2, -0.15) is 0 Å². The van der Waals surface area contributed by atoms with E-state index in [1.165, 1.54) is 49.6 Å². The standard InChI is InChI=1S/C30H28N6O7.C29H27FN6O7.C28H26N6O7/c37-29(38)19-8-4-5-9-20(19)40-14-21-24-25(43-22(42-24)13-10-17-6-2-1-3-7-17)28(41-21)36-16-33-23-26(31-15-32-27(23)36)35-30(39)34-18-11-12-18;1-2-31-29(39)35-25-21-26(33-14-32-25)36(15-34-21)27-24-23(42-20(43-24)12-11-16-7-4-3-5-8-16)19(41-27)13-40-22-17(28(37)38)9-6-10-18(22)30;35-26(36)17-8-4-5-9-18(17)38-12-19-21-22(41-27(40-21)15-6-2-1-3-7-15)25(39-19)34-14-31-20-23(29-13-30-24(20)34)33-28(37)32-16-10-11-16/h1-10,13,15-16,18,21-22,24-25,28H,11-12,14H2,(H,37,38)(H2,31,32,34,35,39);3-12,14-15,19-20,23-24,27H,2,13H2,1H3,(H,37,38)(H2,31,32,33,35,39);1-9,13-14,16,19,21-22,25,27H,10-12H2,(H,35,36)(H2,29,30,32,33,37)/b13-10+;12-11+;/t21?,22-,24?,25?,28?;19?,20-,23?,24?,27?;19?,21?,22?,25?,27-/m000/s1. The summed E-state index contributed by atoms with van der Waals surface area (Å²) in [4.78, 5) is 111. The van der Waals surface area contributed by atoms with Crippen molar-refractivity contribution in [1.82, 2.24) is 74.5 Å². The second-order valence-electron chi connectivity index (χ2n) is 30.1. The molecule has 8 fully saturated rings. The number of carbonyl (C=O) groups excluding carboxylic acids is 3. The van der Waals surface area contributed by atoms with Crippen molar-refractivity contribution in [2.45, 2.75) is 137 Å². The number of fused-ring (bicyclic) bond motifs is 6. The lowest BCUT2D eigenvalue weighted by atomic mass is 10.1. The molecule has 127 heavy (non-hydrogen) atoms. The van der Waals surface area contributed by atoms with E-state index in [1.807, 2.05) is 109 Å². The number of halogens is 1. The van der Waals surface area contributed by atoms with Crippen molar-refractivity contribution in [1.29, 1.82) is 0 Å². The molecule has 39 nitrogen and oxygen atoms in total. The van der Waals surface area contributed by atoms with E-state index in [9.17, 15) is 48.5 Å². The molecule has 15 atom stereocenters. The van der Waals surface area contributed by atoms with Crippen molar-refractivity contribution >= 4 is 99.1 Å². The summed E-state index contributed by atoms with van der Waals surface area (Å²) in [5.74, 6) is -3.53. The van der Waals surface area contributed by atoms with Gasteiger partial charge in [0.25, 0.3) is 0 Å². The zero-order valence-corrected chi connectivity index (χ0v) is 67.2. The number of carboxylic acid groups (broad SMARTS) is 3. The van der Waals surface area contributed by atoms with Crippen molar-refractivity contribution in [3.63, 3.8) is 0 Å². The number of anilines is 3. The first-order chi connectivity index (χ1) is 62.0. The van der Waals surface area contributed by atoms with Gasteiger partial charge in [-0.05, 0) is 92.3 Å². The number of carboxylic acids is 3. The largest absolute Gasteiger partial charge is 0.490 e. The number of benzene rings is 6. The quantitative estimate of drug-likeness (QED) is 0.0243. The lowest BCUT2D eigenvalue weighted by Gasteiger charge is -2.22. The minimum Gasteiger partial charge on any atom is -0.490 e. The van der Waals surface area contributed by atoms with Gasteiger partial charge in [-0.1, -0.05) is 133 Å². The molecule has 6 aliphatic heterocycles. The highest BCUT2D eigenvalue weighted by atomic mass is 19.1. The van der Waals surface area contributed by atoms with Gasteiger partial charge in [-0.15, -0.1) is 0 Å². The van der Waals surface area contributed by atoms with Crippen LogP contribution in [0.2, 0.25) is 0 Å². The van der Waals surface area contributed by atoms with Crippen LogP contribution in [-0.2, 0) is 42.6 Å². The van der Waals surface area contributed by atoms with Gasteiger partial charge in [0, 0.05) is 24.2 Å². The van der Waals surface area contributed by atoms with Gasteiger partial charge in [0.2, 0.25) is 0 Å². The van der Waals surface area contributed by atoms with Crippen LogP contribution < -0.4 is 46.1 Å². The second kappa shape index (κ2) is 37.2. The zero-order chi connectivity index (χ0) is 87.2. The second-order valence-corrected chi connectivity index (χ2v) is 30.1. The Morgan fingerprint density at radius 3 is 1.21 bits per heavy atom. The molecule has 6 aromatic heterocycles. The average molecular weight is 1730 g/mol. The van der Waals surface area contributed by atoms with E-state index >= 15 is 0 Å². The van der Waals surface area contributed by atoms with E-state index in [0.29, 0.717) is 40.0 Å².